The van der Waals surface area contributed by atoms with Gasteiger partial charge in [-0.25, -0.2) is 0 Å². The molecule has 0 unspecified atom stereocenters. The average molecular weight is 486 g/mol. The van der Waals surface area contributed by atoms with Crippen LogP contribution >= 0.6 is 0 Å². The average Bonchev–Trinajstić information content (AvgIpc) is 3.37. The molecule has 0 aliphatic rings. The number of hydrogen-bond acceptors (Lipinski definition) is 2. The van der Waals surface area contributed by atoms with Crippen LogP contribution in [0.5, 0.6) is 0 Å². The van der Waals surface area contributed by atoms with E-state index >= 15 is 0 Å². The molecule has 2 heteroatoms. The number of nitrogens with zero attached hydrogens (tertiary/aromatic N) is 1. The highest BCUT2D eigenvalue weighted by Gasteiger charge is 2.20. The molecule has 0 fully saturated rings. The van der Waals surface area contributed by atoms with E-state index in [0.717, 1.165) is 33.6 Å². The standard InChI is InChI=1S/C36H23NO/c1-3-12-24(13-4-1)37(25-14-5-2-6-15-25)31-20-11-19-27-29-22-23-33-36(30-18-9-10-21-32(30)38-33)35(29)28-17-8-7-16-26(28)34(27)31/h1-23H. The Kier molecular flexibility index (Phi) is 4.55. The maximum atomic E-state index is 6.29. The Bertz CT molecular complexity index is 2060. The van der Waals surface area contributed by atoms with Gasteiger partial charge in [-0.2, -0.15) is 0 Å². The summed E-state index contributed by atoms with van der Waals surface area (Å²) in [6.45, 7) is 0. The van der Waals surface area contributed by atoms with E-state index in [9.17, 15) is 0 Å². The van der Waals surface area contributed by atoms with Crippen molar-refractivity contribution in [2.75, 3.05) is 4.90 Å². The van der Waals surface area contributed by atoms with Gasteiger partial charge in [0.2, 0.25) is 0 Å². The molecule has 2 nitrogen and oxygen atoms in total. The molecule has 0 atom stereocenters. The maximum Gasteiger partial charge on any atom is 0.136 e. The molecule has 7 aromatic carbocycles. The van der Waals surface area contributed by atoms with Crippen molar-refractivity contribution in [1.82, 2.24) is 0 Å². The van der Waals surface area contributed by atoms with Crippen molar-refractivity contribution in [1.29, 1.82) is 0 Å². The summed E-state index contributed by atoms with van der Waals surface area (Å²) < 4.78 is 6.29. The molecule has 0 saturated heterocycles. The van der Waals surface area contributed by atoms with E-state index in [4.69, 9.17) is 4.42 Å². The molecule has 0 radical (unpaired) electrons. The summed E-state index contributed by atoms with van der Waals surface area (Å²) in [6, 6.07) is 49.5. The summed E-state index contributed by atoms with van der Waals surface area (Å²) >= 11 is 0. The fourth-order valence-corrected chi connectivity index (χ4v) is 6.06. The van der Waals surface area contributed by atoms with Crippen LogP contribution in [-0.2, 0) is 0 Å². The van der Waals surface area contributed by atoms with Crippen molar-refractivity contribution < 1.29 is 4.42 Å². The van der Waals surface area contributed by atoms with Gasteiger partial charge in [-0.3, -0.25) is 0 Å². The molecule has 0 aliphatic carbocycles. The lowest BCUT2D eigenvalue weighted by Gasteiger charge is -2.27. The van der Waals surface area contributed by atoms with Crippen LogP contribution in [0.4, 0.5) is 17.1 Å². The summed E-state index contributed by atoms with van der Waals surface area (Å²) in [5, 5.41) is 9.78. The molecule has 8 aromatic rings. The smallest absolute Gasteiger partial charge is 0.136 e. The van der Waals surface area contributed by atoms with Gasteiger partial charge in [0.05, 0.1) is 5.69 Å². The normalized spacial score (nSPS) is 11.7. The van der Waals surface area contributed by atoms with Crippen LogP contribution in [-0.4, -0.2) is 0 Å². The second-order valence-electron chi connectivity index (χ2n) is 9.71. The van der Waals surface area contributed by atoms with Crippen molar-refractivity contribution in [3.05, 3.63) is 140 Å². The molecule has 1 aromatic heterocycles. The van der Waals surface area contributed by atoms with E-state index in [1.54, 1.807) is 0 Å². The SMILES string of the molecule is c1ccc(N(c2ccccc2)c2cccc3c4ccc5oc6ccccc6c5c4c4ccccc4c23)cc1. The van der Waals surface area contributed by atoms with Crippen molar-refractivity contribution in [2.45, 2.75) is 0 Å². The Morgan fingerprint density at radius 2 is 0.868 bits per heavy atom. The Hall–Kier alpha value is -5.08. The topological polar surface area (TPSA) is 16.4 Å². The minimum absolute atomic E-state index is 0.923. The number of furan rings is 1. The third kappa shape index (κ3) is 3.01. The van der Waals surface area contributed by atoms with Crippen LogP contribution in [0.25, 0.3) is 54.3 Å². The predicted molar refractivity (Wildman–Crippen MR) is 161 cm³/mol. The first-order valence-electron chi connectivity index (χ1n) is 13.0. The van der Waals surface area contributed by atoms with Crippen molar-refractivity contribution in [2.24, 2.45) is 0 Å². The lowest BCUT2D eigenvalue weighted by Crippen LogP contribution is -2.10. The molecule has 178 valence electrons. The van der Waals surface area contributed by atoms with E-state index in [2.05, 4.69) is 138 Å². The third-order valence-corrected chi connectivity index (χ3v) is 7.61. The number of benzene rings is 7. The van der Waals surface area contributed by atoms with Gasteiger partial charge in [-0.15, -0.1) is 0 Å². The highest BCUT2D eigenvalue weighted by molar-refractivity contribution is 6.36. The Balaban J connectivity index is 1.57. The zero-order valence-electron chi connectivity index (χ0n) is 20.6. The number of para-hydroxylation sites is 3. The lowest BCUT2D eigenvalue weighted by molar-refractivity contribution is 0.669. The lowest BCUT2D eigenvalue weighted by atomic mass is 9.90. The zero-order chi connectivity index (χ0) is 25.1. The Morgan fingerprint density at radius 1 is 0.342 bits per heavy atom. The largest absolute Gasteiger partial charge is 0.456 e. The number of rotatable bonds is 3. The fourth-order valence-electron chi connectivity index (χ4n) is 6.06. The molecular weight excluding hydrogens is 462 g/mol. The summed E-state index contributed by atoms with van der Waals surface area (Å²) in [5.41, 5.74) is 5.27. The van der Waals surface area contributed by atoms with Crippen LogP contribution in [0.1, 0.15) is 0 Å². The highest BCUT2D eigenvalue weighted by atomic mass is 16.3. The monoisotopic (exact) mass is 485 g/mol. The summed E-state index contributed by atoms with van der Waals surface area (Å²) in [6.07, 6.45) is 0. The van der Waals surface area contributed by atoms with E-state index in [1.165, 1.54) is 37.7 Å². The molecule has 0 bridgehead atoms. The fraction of sp³-hybridized carbons (Fsp3) is 0. The van der Waals surface area contributed by atoms with E-state index in [0.29, 0.717) is 0 Å². The van der Waals surface area contributed by atoms with Gasteiger partial charge in [0, 0.05) is 32.9 Å². The van der Waals surface area contributed by atoms with E-state index < -0.39 is 0 Å². The van der Waals surface area contributed by atoms with Crippen LogP contribution in [0.3, 0.4) is 0 Å². The quantitative estimate of drug-likeness (QED) is 0.231. The predicted octanol–water partition coefficient (Wildman–Crippen LogP) is 10.5. The summed E-state index contributed by atoms with van der Waals surface area (Å²) in [7, 11) is 0. The molecule has 0 amide bonds. The number of fused-ring (bicyclic) bond motifs is 10. The molecule has 8 rings (SSSR count). The number of hydrogen-bond donors (Lipinski definition) is 0. The molecule has 0 N–H and O–H groups in total. The Labute approximate surface area is 220 Å². The van der Waals surface area contributed by atoms with Crippen molar-refractivity contribution in [3.8, 4) is 0 Å². The third-order valence-electron chi connectivity index (χ3n) is 7.61. The molecule has 38 heavy (non-hydrogen) atoms. The van der Waals surface area contributed by atoms with Crippen LogP contribution in [0.2, 0.25) is 0 Å². The van der Waals surface area contributed by atoms with Gasteiger partial charge in [-0.05, 0) is 70.1 Å². The Morgan fingerprint density at radius 3 is 1.55 bits per heavy atom. The maximum absolute atomic E-state index is 6.29. The molecule has 0 saturated carbocycles. The first-order valence-corrected chi connectivity index (χ1v) is 13.0. The second kappa shape index (κ2) is 8.22. The summed E-state index contributed by atoms with van der Waals surface area (Å²) in [5.74, 6) is 0. The van der Waals surface area contributed by atoms with Crippen LogP contribution < -0.4 is 4.90 Å². The van der Waals surface area contributed by atoms with Gasteiger partial charge in [-0.1, -0.05) is 91.0 Å². The van der Waals surface area contributed by atoms with Gasteiger partial charge in [0.25, 0.3) is 0 Å². The summed E-state index contributed by atoms with van der Waals surface area (Å²) in [4.78, 5) is 2.37. The molecule has 0 spiro atoms. The van der Waals surface area contributed by atoms with Crippen LogP contribution in [0.15, 0.2) is 144 Å². The number of anilines is 3. The molecular formula is C36H23NO. The van der Waals surface area contributed by atoms with Gasteiger partial charge >= 0.3 is 0 Å². The molecule has 1 heterocycles. The molecule has 0 aliphatic heterocycles. The van der Waals surface area contributed by atoms with Gasteiger partial charge < -0.3 is 9.32 Å². The second-order valence-corrected chi connectivity index (χ2v) is 9.71. The van der Waals surface area contributed by atoms with Crippen LogP contribution in [0, 0.1) is 0 Å². The zero-order valence-corrected chi connectivity index (χ0v) is 20.6. The minimum Gasteiger partial charge on any atom is -0.456 e. The highest BCUT2D eigenvalue weighted by Crippen LogP contribution is 2.47. The van der Waals surface area contributed by atoms with E-state index in [1.807, 2.05) is 6.07 Å². The van der Waals surface area contributed by atoms with Crippen molar-refractivity contribution in [3.63, 3.8) is 0 Å². The minimum atomic E-state index is 0.923. The van der Waals surface area contributed by atoms with Gasteiger partial charge in [0.15, 0.2) is 0 Å². The first kappa shape index (κ1) is 21.0. The van der Waals surface area contributed by atoms with Crippen molar-refractivity contribution >= 4 is 71.3 Å². The van der Waals surface area contributed by atoms with E-state index in [-0.39, 0.29) is 0 Å². The first-order chi connectivity index (χ1) is 18.9. The van der Waals surface area contributed by atoms with Gasteiger partial charge in [0.1, 0.15) is 11.2 Å².